The predicted octanol–water partition coefficient (Wildman–Crippen LogP) is 4.71. The van der Waals surface area contributed by atoms with Gasteiger partial charge in [0, 0.05) is 10.3 Å². The summed E-state index contributed by atoms with van der Waals surface area (Å²) in [6.45, 7) is 1.27. The summed E-state index contributed by atoms with van der Waals surface area (Å²) in [5.74, 6) is -0.391. The Kier molecular flexibility index (Phi) is 7.94. The summed E-state index contributed by atoms with van der Waals surface area (Å²) in [6, 6.07) is 5.53. The van der Waals surface area contributed by atoms with Gasteiger partial charge < -0.3 is 20.9 Å². The number of ether oxygens (including phenoxy) is 1. The molecule has 3 rings (SSSR count). The number of anilines is 1. The van der Waals surface area contributed by atoms with E-state index >= 15 is 0 Å². The van der Waals surface area contributed by atoms with E-state index in [2.05, 4.69) is 15.3 Å². The molecule has 3 aromatic rings. The first-order valence-electron chi connectivity index (χ1n) is 9.21. The van der Waals surface area contributed by atoms with Gasteiger partial charge in [0.05, 0.1) is 23.6 Å². The SMILES string of the molecule is CC(OC(N)=O)c1nc(CO)sc1-c1csc(NC(=O)Cc2ccc(SC(F)(F)F)cc2)n1. The molecule has 0 saturated heterocycles. The Bertz CT molecular complexity index is 1130. The zero-order valence-electron chi connectivity index (χ0n) is 16.9. The Hall–Kier alpha value is -2.68. The molecule has 1 unspecified atom stereocenters. The summed E-state index contributed by atoms with van der Waals surface area (Å²) in [7, 11) is 0. The monoisotopic (exact) mass is 518 g/mol. The Labute approximate surface area is 198 Å². The summed E-state index contributed by atoms with van der Waals surface area (Å²) < 4.78 is 42.2. The maximum absolute atomic E-state index is 12.4. The number of alkyl halides is 3. The molecule has 0 bridgehead atoms. The van der Waals surface area contributed by atoms with E-state index in [1.54, 1.807) is 12.3 Å². The highest BCUT2D eigenvalue weighted by Crippen LogP contribution is 2.37. The van der Waals surface area contributed by atoms with E-state index in [1.807, 2.05) is 0 Å². The van der Waals surface area contributed by atoms with Gasteiger partial charge in [0.25, 0.3) is 0 Å². The van der Waals surface area contributed by atoms with E-state index < -0.39 is 23.6 Å². The van der Waals surface area contributed by atoms with Gasteiger partial charge in [-0.25, -0.2) is 14.8 Å². The molecular weight excluding hydrogens is 501 g/mol. The topological polar surface area (TPSA) is 127 Å². The quantitative estimate of drug-likeness (QED) is 0.369. The van der Waals surface area contributed by atoms with E-state index in [4.69, 9.17) is 10.5 Å². The van der Waals surface area contributed by atoms with Gasteiger partial charge in [-0.2, -0.15) is 13.2 Å². The van der Waals surface area contributed by atoms with Crippen molar-refractivity contribution in [2.24, 2.45) is 5.73 Å². The van der Waals surface area contributed by atoms with Crippen molar-refractivity contribution in [1.82, 2.24) is 9.97 Å². The molecule has 0 aliphatic rings. The van der Waals surface area contributed by atoms with Gasteiger partial charge in [-0.3, -0.25) is 4.79 Å². The van der Waals surface area contributed by atoms with Gasteiger partial charge in [0.15, 0.2) is 5.13 Å². The maximum atomic E-state index is 12.4. The van der Waals surface area contributed by atoms with Crippen molar-refractivity contribution >= 4 is 51.6 Å². The molecule has 8 nitrogen and oxygen atoms in total. The molecule has 0 saturated carbocycles. The zero-order chi connectivity index (χ0) is 24.2. The number of thioether (sulfide) groups is 1. The van der Waals surface area contributed by atoms with Crippen LogP contribution >= 0.6 is 34.4 Å². The minimum absolute atomic E-state index is 0.0355. The number of nitrogens with zero attached hydrogens (tertiary/aromatic N) is 2. The van der Waals surface area contributed by atoms with Crippen LogP contribution in [0.5, 0.6) is 0 Å². The number of carbonyl (C=O) groups excluding carboxylic acids is 2. The predicted molar refractivity (Wildman–Crippen MR) is 119 cm³/mol. The number of primary amides is 1. The smallest absolute Gasteiger partial charge is 0.440 e. The first-order valence-corrected chi connectivity index (χ1v) is 11.7. The van der Waals surface area contributed by atoms with Gasteiger partial charge in [-0.05, 0) is 36.4 Å². The Morgan fingerprint density at radius 3 is 2.58 bits per heavy atom. The largest absolute Gasteiger partial charge is 0.446 e. The molecule has 1 atom stereocenters. The van der Waals surface area contributed by atoms with Gasteiger partial charge >= 0.3 is 11.6 Å². The minimum Gasteiger partial charge on any atom is -0.440 e. The number of carbonyl (C=O) groups is 2. The zero-order valence-corrected chi connectivity index (χ0v) is 19.3. The maximum Gasteiger partial charge on any atom is 0.446 e. The highest BCUT2D eigenvalue weighted by atomic mass is 32.2. The summed E-state index contributed by atoms with van der Waals surface area (Å²) in [5.41, 5.74) is 2.09. The molecule has 0 radical (unpaired) electrons. The van der Waals surface area contributed by atoms with Gasteiger partial charge in [-0.1, -0.05) is 12.1 Å². The molecule has 0 aliphatic carbocycles. The number of aliphatic hydroxyl groups excluding tert-OH is 1. The van der Waals surface area contributed by atoms with E-state index in [1.165, 1.54) is 24.3 Å². The van der Waals surface area contributed by atoms with Crippen LogP contribution in [0.1, 0.15) is 29.3 Å². The van der Waals surface area contributed by atoms with Crippen molar-refractivity contribution in [2.75, 3.05) is 5.32 Å². The van der Waals surface area contributed by atoms with Crippen molar-refractivity contribution in [3.8, 4) is 10.6 Å². The van der Waals surface area contributed by atoms with Crippen molar-refractivity contribution in [2.45, 2.75) is 36.5 Å². The van der Waals surface area contributed by atoms with E-state index in [0.717, 1.165) is 22.7 Å². The molecule has 0 spiro atoms. The number of amides is 2. The molecule has 4 N–H and O–H groups in total. The second-order valence-electron chi connectivity index (χ2n) is 6.51. The van der Waals surface area contributed by atoms with Crippen LogP contribution in [0.3, 0.4) is 0 Å². The number of nitrogens with two attached hydrogens (primary N) is 1. The molecule has 14 heteroatoms. The third-order valence-electron chi connectivity index (χ3n) is 4.02. The van der Waals surface area contributed by atoms with Crippen LogP contribution in [0, 0.1) is 0 Å². The fourth-order valence-corrected chi connectivity index (χ4v) is 5.03. The lowest BCUT2D eigenvalue weighted by Crippen LogP contribution is -2.16. The van der Waals surface area contributed by atoms with Crippen LogP contribution in [0.4, 0.5) is 23.1 Å². The number of hydrogen-bond donors (Lipinski definition) is 3. The third-order valence-corrected chi connectivity index (χ3v) is 6.59. The summed E-state index contributed by atoms with van der Waals surface area (Å²) in [4.78, 5) is 32.6. The van der Waals surface area contributed by atoms with E-state index in [9.17, 15) is 27.9 Å². The van der Waals surface area contributed by atoms with Crippen LogP contribution in [0.15, 0.2) is 34.5 Å². The molecule has 2 heterocycles. The summed E-state index contributed by atoms with van der Waals surface area (Å²) in [6.07, 6.45) is -1.79. The number of thiazole rings is 2. The fraction of sp³-hybridized carbons (Fsp3) is 0.263. The molecule has 1 aromatic carbocycles. The van der Waals surface area contributed by atoms with Gasteiger partial charge in [-0.15, -0.1) is 22.7 Å². The first-order chi connectivity index (χ1) is 15.5. The lowest BCUT2D eigenvalue weighted by Gasteiger charge is -2.10. The molecule has 2 amide bonds. The Morgan fingerprint density at radius 1 is 1.27 bits per heavy atom. The number of aromatic nitrogens is 2. The number of nitrogens with one attached hydrogen (secondary N) is 1. The molecule has 176 valence electrons. The number of halogens is 3. The number of hydrogen-bond acceptors (Lipinski definition) is 9. The van der Waals surface area contributed by atoms with Crippen LogP contribution in [0.25, 0.3) is 10.6 Å². The van der Waals surface area contributed by atoms with Crippen molar-refractivity contribution in [1.29, 1.82) is 0 Å². The summed E-state index contributed by atoms with van der Waals surface area (Å²) >= 11 is 2.10. The van der Waals surface area contributed by atoms with E-state index in [-0.39, 0.29) is 29.7 Å². The van der Waals surface area contributed by atoms with Crippen molar-refractivity contribution in [3.05, 3.63) is 45.9 Å². The van der Waals surface area contributed by atoms with Crippen LogP contribution in [0.2, 0.25) is 0 Å². The number of rotatable bonds is 8. The highest BCUT2D eigenvalue weighted by Gasteiger charge is 2.29. The van der Waals surface area contributed by atoms with E-state index in [0.29, 0.717) is 32.0 Å². The van der Waals surface area contributed by atoms with Crippen molar-refractivity contribution < 1.29 is 32.6 Å². The average Bonchev–Trinajstić information content (AvgIpc) is 3.34. The van der Waals surface area contributed by atoms with Crippen LogP contribution < -0.4 is 11.1 Å². The third kappa shape index (κ3) is 7.15. The molecule has 2 aromatic heterocycles. The molecular formula is C19H17F3N4O4S3. The van der Waals surface area contributed by atoms with Gasteiger partial charge in [0.2, 0.25) is 5.91 Å². The number of benzene rings is 1. The molecule has 0 aliphatic heterocycles. The minimum atomic E-state index is -4.37. The lowest BCUT2D eigenvalue weighted by molar-refractivity contribution is -0.115. The summed E-state index contributed by atoms with van der Waals surface area (Å²) in [5, 5.41) is 14.4. The normalized spacial score (nSPS) is 12.4. The second kappa shape index (κ2) is 10.5. The first kappa shape index (κ1) is 25.0. The highest BCUT2D eigenvalue weighted by molar-refractivity contribution is 8.00. The van der Waals surface area contributed by atoms with Crippen LogP contribution in [-0.4, -0.2) is 32.6 Å². The molecule has 33 heavy (non-hydrogen) atoms. The van der Waals surface area contributed by atoms with Crippen LogP contribution in [-0.2, 0) is 22.6 Å². The number of aliphatic hydroxyl groups is 1. The Morgan fingerprint density at radius 2 is 1.97 bits per heavy atom. The standard InChI is InChI=1S/C19H17F3N4O4S3/c1-9(30-17(23)29)15-16(32-14(7-27)26-15)12-8-31-18(24-12)25-13(28)6-10-2-4-11(5-3-10)33-19(20,21)22/h2-5,8-9,27H,6-7H2,1H3,(H2,23,29)(H,24,25,28). The van der Waals surface area contributed by atoms with Crippen molar-refractivity contribution in [3.63, 3.8) is 0 Å². The average molecular weight is 519 g/mol. The Balaban J connectivity index is 1.68. The molecule has 0 fully saturated rings. The van der Waals surface area contributed by atoms with Gasteiger partial charge in [0.1, 0.15) is 16.8 Å². The fourth-order valence-electron chi connectivity index (χ4n) is 2.73. The lowest BCUT2D eigenvalue weighted by atomic mass is 10.1. The second-order valence-corrected chi connectivity index (χ2v) is 9.59.